The zero-order valence-electron chi connectivity index (χ0n) is 9.07. The Hall–Kier alpha value is 0.0997. The van der Waals surface area contributed by atoms with Crippen molar-refractivity contribution < 1.29 is 0 Å². The molecule has 0 atom stereocenters. The molecule has 14 heavy (non-hydrogen) atoms. The van der Waals surface area contributed by atoms with Crippen molar-refractivity contribution >= 4 is 29.7 Å². The van der Waals surface area contributed by atoms with Crippen LogP contribution in [0.1, 0.15) is 6.42 Å². The topological polar surface area (TPSA) is 48.1 Å². The molecule has 1 rings (SSSR count). The van der Waals surface area contributed by atoms with Crippen LogP contribution in [-0.4, -0.2) is 55.6 Å². The van der Waals surface area contributed by atoms with Gasteiger partial charge in [0.1, 0.15) is 0 Å². The van der Waals surface area contributed by atoms with E-state index in [0.29, 0.717) is 0 Å². The number of rotatable bonds is 0. The molecule has 0 aliphatic carbocycles. The zero-order chi connectivity index (χ0) is 9.90. The minimum Gasteiger partial charge on any atom is -0.364 e. The van der Waals surface area contributed by atoms with Gasteiger partial charge in [0, 0.05) is 0 Å². The maximum Gasteiger partial charge on any atom is 0.214 e. The molecule has 1 aliphatic heterocycles. The predicted octanol–water partition coefficient (Wildman–Crippen LogP) is -3.55. The predicted molar refractivity (Wildman–Crippen MR) is 70.0 cm³/mol. The molecule has 0 aromatic carbocycles. The Kier molecular flexibility index (Phi) is 8.39. The van der Waals surface area contributed by atoms with Crippen LogP contribution >= 0.6 is 0 Å². The lowest BCUT2D eigenvalue weighted by Gasteiger charge is -2.07. The quantitative estimate of drug-likeness (QED) is 0.300. The van der Waals surface area contributed by atoms with Gasteiger partial charge in [-0.15, -0.1) is 0 Å². The highest BCUT2D eigenvalue weighted by atomic mass is 14.8. The van der Waals surface area contributed by atoms with Crippen molar-refractivity contribution in [3.8, 4) is 0 Å². The zero-order valence-corrected chi connectivity index (χ0v) is 9.07. The van der Waals surface area contributed by atoms with Gasteiger partial charge < -0.3 is 20.9 Å². The van der Waals surface area contributed by atoms with E-state index in [4.69, 9.17) is 0 Å². The Morgan fingerprint density at radius 2 is 1.21 bits per heavy atom. The van der Waals surface area contributed by atoms with Crippen molar-refractivity contribution in [3.63, 3.8) is 0 Å². The van der Waals surface area contributed by atoms with E-state index in [2.05, 4.69) is 20.9 Å². The van der Waals surface area contributed by atoms with Crippen LogP contribution in [0, 0.1) is 0 Å². The van der Waals surface area contributed by atoms with Crippen LogP contribution in [0.5, 0.6) is 0 Å². The summed E-state index contributed by atoms with van der Waals surface area (Å²) < 4.78 is 0. The van der Waals surface area contributed by atoms with Crippen molar-refractivity contribution in [2.45, 2.75) is 12.6 Å². The summed E-state index contributed by atoms with van der Waals surface area (Å²) in [5.41, 5.74) is 0. The molecule has 0 aromatic rings. The van der Waals surface area contributed by atoms with Crippen molar-refractivity contribution in [2.75, 3.05) is 26.0 Å². The third kappa shape index (κ3) is 7.50. The molecule has 0 aromatic heterocycles. The minimum atomic E-state index is 1.09. The maximum atomic E-state index is 3.42. The highest BCUT2D eigenvalue weighted by Crippen LogP contribution is 1.73. The molecule has 0 spiro atoms. The highest BCUT2D eigenvalue weighted by molar-refractivity contribution is 6.54. The monoisotopic (exact) mass is 192 g/mol. The SMILES string of the molecule is B1CBNCBNCCCNBCN1. The van der Waals surface area contributed by atoms with Crippen LogP contribution in [0.25, 0.3) is 0 Å². The Morgan fingerprint density at radius 3 is 1.79 bits per heavy atom. The van der Waals surface area contributed by atoms with Crippen molar-refractivity contribution in [2.24, 2.45) is 0 Å². The van der Waals surface area contributed by atoms with Gasteiger partial charge in [0.15, 0.2) is 14.8 Å². The first-order valence-electron chi connectivity index (χ1n) is 5.83. The highest BCUT2D eigenvalue weighted by Gasteiger charge is 1.97. The van der Waals surface area contributed by atoms with Crippen LogP contribution in [0.4, 0.5) is 0 Å². The Balaban J connectivity index is 2.00. The first kappa shape index (κ1) is 12.2. The van der Waals surface area contributed by atoms with Gasteiger partial charge in [-0.3, -0.25) is 0 Å². The third-order valence-electron chi connectivity index (χ3n) is 2.37. The molecule has 1 saturated heterocycles. The van der Waals surface area contributed by atoms with Crippen LogP contribution in [0.3, 0.4) is 0 Å². The molecule has 1 heterocycles. The van der Waals surface area contributed by atoms with Crippen molar-refractivity contribution in [1.29, 1.82) is 0 Å². The number of hydrogen-bond acceptors (Lipinski definition) is 4. The average Bonchev–Trinajstić information content (AvgIpc) is 2.22. The standard InChI is InChI=1S/C6H20B4N4/c1-2-11-9-5-13-7-4-8-14-6-10-12-3-1/h7-14H,1-6H2. The van der Waals surface area contributed by atoms with Gasteiger partial charge in [-0.25, -0.2) is 0 Å². The van der Waals surface area contributed by atoms with Crippen molar-refractivity contribution in [1.82, 2.24) is 20.9 Å². The molecule has 0 amide bonds. The lowest BCUT2D eigenvalue weighted by Crippen LogP contribution is -2.39. The summed E-state index contributed by atoms with van der Waals surface area (Å²) in [6, 6.07) is 0. The lowest BCUT2D eigenvalue weighted by molar-refractivity contribution is 0.757. The molecule has 1 aliphatic rings. The fourth-order valence-electron chi connectivity index (χ4n) is 1.53. The van der Waals surface area contributed by atoms with Crippen LogP contribution < -0.4 is 20.9 Å². The van der Waals surface area contributed by atoms with Gasteiger partial charge in [-0.2, -0.15) is 0 Å². The second-order valence-electron chi connectivity index (χ2n) is 3.71. The molecule has 4 N–H and O–H groups in total. The molecule has 0 unspecified atom stereocenters. The third-order valence-corrected chi connectivity index (χ3v) is 2.37. The van der Waals surface area contributed by atoms with Gasteiger partial charge in [-0.05, 0) is 32.4 Å². The minimum absolute atomic E-state index is 1.09. The summed E-state index contributed by atoms with van der Waals surface area (Å²) in [4.78, 5) is 0. The van der Waals surface area contributed by atoms with E-state index >= 15 is 0 Å². The van der Waals surface area contributed by atoms with Crippen molar-refractivity contribution in [3.05, 3.63) is 0 Å². The summed E-state index contributed by atoms with van der Waals surface area (Å²) >= 11 is 0. The number of hydrogen-bond donors (Lipinski definition) is 4. The van der Waals surface area contributed by atoms with Gasteiger partial charge in [0.2, 0.25) is 14.8 Å². The molecule has 0 radical (unpaired) electrons. The van der Waals surface area contributed by atoms with Gasteiger partial charge >= 0.3 is 0 Å². The molecule has 4 nitrogen and oxygen atoms in total. The summed E-state index contributed by atoms with van der Waals surface area (Å²) in [7, 11) is 4.44. The first-order chi connectivity index (χ1) is 7.00. The Bertz CT molecular complexity index is 75.1. The summed E-state index contributed by atoms with van der Waals surface area (Å²) in [5.74, 6) is 0. The summed E-state index contributed by atoms with van der Waals surface area (Å²) in [5, 5.41) is 13.7. The molecule has 8 heteroatoms. The van der Waals surface area contributed by atoms with Crippen LogP contribution in [0.2, 0.25) is 6.22 Å². The molecular formula is C6H20B4N4. The van der Waals surface area contributed by atoms with Gasteiger partial charge in [-0.1, -0.05) is 6.22 Å². The van der Waals surface area contributed by atoms with E-state index in [9.17, 15) is 0 Å². The Labute approximate surface area is 89.8 Å². The van der Waals surface area contributed by atoms with E-state index in [0.717, 1.165) is 55.6 Å². The smallest absolute Gasteiger partial charge is 0.214 e. The molecular weight excluding hydrogens is 171 g/mol. The van der Waals surface area contributed by atoms with E-state index in [1.54, 1.807) is 0 Å². The normalized spacial score (nSPS) is 21.7. The molecule has 76 valence electrons. The Morgan fingerprint density at radius 1 is 0.643 bits per heavy atom. The fraction of sp³-hybridized carbons (Fsp3) is 1.00. The first-order valence-corrected chi connectivity index (χ1v) is 5.83. The number of nitrogens with one attached hydrogen (secondary N) is 4. The molecule has 1 fully saturated rings. The summed E-state index contributed by atoms with van der Waals surface area (Å²) in [6.45, 7) is 2.25. The molecule has 0 bridgehead atoms. The second-order valence-corrected chi connectivity index (χ2v) is 3.71. The summed E-state index contributed by atoms with van der Waals surface area (Å²) in [6.07, 6.45) is 4.63. The van der Waals surface area contributed by atoms with E-state index in [-0.39, 0.29) is 0 Å². The largest absolute Gasteiger partial charge is 0.364 e. The van der Waals surface area contributed by atoms with E-state index in [1.807, 2.05) is 0 Å². The van der Waals surface area contributed by atoms with Gasteiger partial charge in [0.25, 0.3) is 0 Å². The van der Waals surface area contributed by atoms with E-state index < -0.39 is 0 Å². The van der Waals surface area contributed by atoms with Crippen LogP contribution in [0.15, 0.2) is 0 Å². The fourth-order valence-corrected chi connectivity index (χ4v) is 1.53. The van der Waals surface area contributed by atoms with Crippen LogP contribution in [-0.2, 0) is 0 Å². The average molecular weight is 192 g/mol. The second kappa shape index (κ2) is 9.65. The lowest BCUT2D eigenvalue weighted by atomic mass is 9.67. The van der Waals surface area contributed by atoms with E-state index in [1.165, 1.54) is 12.6 Å². The van der Waals surface area contributed by atoms with Gasteiger partial charge in [0.05, 0.1) is 0 Å². The molecule has 0 saturated carbocycles. The maximum absolute atomic E-state index is 3.42.